The Labute approximate surface area is 114 Å². The molecule has 4 nitrogen and oxygen atoms in total. The molecule has 1 rings (SSSR count). The molecule has 2 amide bonds. The molecular formula is C13H24N2O2S. The van der Waals surface area contributed by atoms with Crippen molar-refractivity contribution in [2.24, 2.45) is 0 Å². The lowest BCUT2D eigenvalue weighted by Crippen LogP contribution is -2.69. The van der Waals surface area contributed by atoms with Gasteiger partial charge in [-0.2, -0.15) is 11.8 Å². The van der Waals surface area contributed by atoms with E-state index in [2.05, 4.69) is 5.32 Å². The number of amides is 2. The average Bonchev–Trinajstić information content (AvgIpc) is 2.36. The van der Waals surface area contributed by atoms with Crippen molar-refractivity contribution in [2.45, 2.75) is 51.6 Å². The Bertz CT molecular complexity index is 322. The first-order valence-corrected chi connectivity index (χ1v) is 8.02. The Morgan fingerprint density at radius 2 is 2.06 bits per heavy atom. The highest BCUT2D eigenvalue weighted by molar-refractivity contribution is 7.98. The number of nitrogens with zero attached hydrogens (tertiary/aromatic N) is 1. The van der Waals surface area contributed by atoms with Gasteiger partial charge in [-0.15, -0.1) is 0 Å². The molecule has 18 heavy (non-hydrogen) atoms. The van der Waals surface area contributed by atoms with Gasteiger partial charge in [-0.25, -0.2) is 0 Å². The van der Waals surface area contributed by atoms with Gasteiger partial charge in [0.2, 0.25) is 11.8 Å². The molecule has 0 radical (unpaired) electrons. The summed E-state index contributed by atoms with van der Waals surface area (Å²) in [6.45, 7) is 6.50. The van der Waals surface area contributed by atoms with Crippen LogP contribution < -0.4 is 5.32 Å². The Morgan fingerprint density at radius 3 is 2.56 bits per heavy atom. The van der Waals surface area contributed by atoms with Gasteiger partial charge in [0.25, 0.3) is 0 Å². The minimum Gasteiger partial charge on any atom is -0.342 e. The van der Waals surface area contributed by atoms with E-state index < -0.39 is 5.54 Å². The third-order valence-corrected chi connectivity index (χ3v) is 4.33. The van der Waals surface area contributed by atoms with Crippen LogP contribution in [0.2, 0.25) is 0 Å². The first-order valence-electron chi connectivity index (χ1n) is 6.62. The van der Waals surface area contributed by atoms with Crippen molar-refractivity contribution in [3.63, 3.8) is 0 Å². The first kappa shape index (κ1) is 15.3. The minimum absolute atomic E-state index is 0.0100. The van der Waals surface area contributed by atoms with Crippen LogP contribution in [0.5, 0.6) is 0 Å². The van der Waals surface area contributed by atoms with Gasteiger partial charge >= 0.3 is 0 Å². The standard InChI is InChI=1S/C13H24N2O2S/c1-5-7-10-11(16)15(8-9-18-4)13(3,6-2)12(17)14-10/h10H,5-9H2,1-4H3,(H,14,17). The van der Waals surface area contributed by atoms with Crippen LogP contribution in [0.1, 0.15) is 40.0 Å². The number of hydrogen-bond donors (Lipinski definition) is 1. The first-order chi connectivity index (χ1) is 8.51. The average molecular weight is 272 g/mol. The van der Waals surface area contributed by atoms with E-state index in [4.69, 9.17) is 0 Å². The third kappa shape index (κ3) is 2.82. The maximum atomic E-state index is 12.4. The SMILES string of the molecule is CCCC1NC(=O)C(C)(CC)N(CCSC)C1=O. The van der Waals surface area contributed by atoms with Crippen LogP contribution in [0, 0.1) is 0 Å². The number of piperazine rings is 1. The van der Waals surface area contributed by atoms with Crippen LogP contribution in [0.4, 0.5) is 0 Å². The zero-order chi connectivity index (χ0) is 13.8. The molecule has 1 aliphatic rings. The molecule has 0 bridgehead atoms. The highest BCUT2D eigenvalue weighted by atomic mass is 32.2. The zero-order valence-corrected chi connectivity index (χ0v) is 12.6. The Balaban J connectivity index is 2.93. The summed E-state index contributed by atoms with van der Waals surface area (Å²) in [7, 11) is 0. The number of thioether (sulfide) groups is 1. The lowest BCUT2D eigenvalue weighted by atomic mass is 9.89. The van der Waals surface area contributed by atoms with Gasteiger partial charge in [-0.05, 0) is 26.0 Å². The number of carbonyl (C=O) groups excluding carboxylic acids is 2. The lowest BCUT2D eigenvalue weighted by molar-refractivity contribution is -0.156. The normalized spacial score (nSPS) is 28.4. The van der Waals surface area contributed by atoms with Crippen LogP contribution >= 0.6 is 11.8 Å². The second kappa shape index (κ2) is 6.45. The monoisotopic (exact) mass is 272 g/mol. The van der Waals surface area contributed by atoms with Gasteiger partial charge in [0.15, 0.2) is 0 Å². The van der Waals surface area contributed by atoms with E-state index in [0.717, 1.165) is 18.6 Å². The molecular weight excluding hydrogens is 248 g/mol. The maximum absolute atomic E-state index is 12.4. The molecule has 0 aliphatic carbocycles. The minimum atomic E-state index is -0.683. The lowest BCUT2D eigenvalue weighted by Gasteiger charge is -2.46. The molecule has 1 heterocycles. The molecule has 1 fully saturated rings. The Hall–Kier alpha value is -0.710. The quantitative estimate of drug-likeness (QED) is 0.800. The van der Waals surface area contributed by atoms with Gasteiger partial charge < -0.3 is 10.2 Å². The topological polar surface area (TPSA) is 49.4 Å². The van der Waals surface area contributed by atoms with E-state index in [9.17, 15) is 9.59 Å². The third-order valence-electron chi connectivity index (χ3n) is 3.74. The molecule has 0 aromatic rings. The predicted octanol–water partition coefficient (Wildman–Crippen LogP) is 1.65. The van der Waals surface area contributed by atoms with Crippen molar-refractivity contribution in [3.05, 3.63) is 0 Å². The largest absolute Gasteiger partial charge is 0.342 e. The van der Waals surface area contributed by atoms with Crippen molar-refractivity contribution >= 4 is 23.6 Å². The molecule has 0 aromatic heterocycles. The zero-order valence-electron chi connectivity index (χ0n) is 11.8. The van der Waals surface area contributed by atoms with Gasteiger partial charge in [-0.1, -0.05) is 20.3 Å². The molecule has 2 unspecified atom stereocenters. The van der Waals surface area contributed by atoms with Crippen LogP contribution in [-0.4, -0.2) is 46.8 Å². The summed E-state index contributed by atoms with van der Waals surface area (Å²) in [5.41, 5.74) is -0.683. The highest BCUT2D eigenvalue weighted by Gasteiger charge is 2.47. The molecule has 1 saturated heterocycles. The summed E-state index contributed by atoms with van der Waals surface area (Å²) in [6, 6.07) is -0.330. The van der Waals surface area contributed by atoms with E-state index in [1.165, 1.54) is 0 Å². The fourth-order valence-corrected chi connectivity index (χ4v) is 2.67. The predicted molar refractivity (Wildman–Crippen MR) is 75.6 cm³/mol. The van der Waals surface area contributed by atoms with Crippen LogP contribution in [0.3, 0.4) is 0 Å². The van der Waals surface area contributed by atoms with Crippen LogP contribution in [-0.2, 0) is 9.59 Å². The van der Waals surface area contributed by atoms with Crippen LogP contribution in [0.15, 0.2) is 0 Å². The van der Waals surface area contributed by atoms with Crippen LogP contribution in [0.25, 0.3) is 0 Å². The number of hydrogen-bond acceptors (Lipinski definition) is 3. The van der Waals surface area contributed by atoms with Gasteiger partial charge in [0.05, 0.1) is 0 Å². The van der Waals surface area contributed by atoms with Crippen molar-refractivity contribution in [1.82, 2.24) is 10.2 Å². The van der Waals surface area contributed by atoms with E-state index in [-0.39, 0.29) is 17.9 Å². The van der Waals surface area contributed by atoms with Crippen molar-refractivity contribution < 1.29 is 9.59 Å². The summed E-state index contributed by atoms with van der Waals surface area (Å²) in [5.74, 6) is 0.937. The smallest absolute Gasteiger partial charge is 0.246 e. The molecule has 5 heteroatoms. The van der Waals surface area contributed by atoms with Gasteiger partial charge in [0, 0.05) is 12.3 Å². The van der Waals surface area contributed by atoms with E-state index in [1.54, 1.807) is 16.7 Å². The molecule has 104 valence electrons. The summed E-state index contributed by atoms with van der Waals surface area (Å²) in [6.07, 6.45) is 4.29. The maximum Gasteiger partial charge on any atom is 0.246 e. The molecule has 1 N–H and O–H groups in total. The molecule has 2 atom stereocenters. The van der Waals surface area contributed by atoms with E-state index >= 15 is 0 Å². The van der Waals surface area contributed by atoms with Gasteiger partial charge in [0.1, 0.15) is 11.6 Å². The van der Waals surface area contributed by atoms with Crippen molar-refractivity contribution in [1.29, 1.82) is 0 Å². The summed E-state index contributed by atoms with van der Waals surface area (Å²) >= 11 is 1.70. The summed E-state index contributed by atoms with van der Waals surface area (Å²) in [5, 5.41) is 2.88. The van der Waals surface area contributed by atoms with Crippen molar-refractivity contribution in [2.75, 3.05) is 18.6 Å². The molecule has 0 saturated carbocycles. The van der Waals surface area contributed by atoms with Crippen molar-refractivity contribution in [3.8, 4) is 0 Å². The van der Waals surface area contributed by atoms with E-state index in [1.807, 2.05) is 27.0 Å². The molecule has 0 aromatic carbocycles. The fourth-order valence-electron chi connectivity index (χ4n) is 2.30. The number of rotatable bonds is 6. The highest BCUT2D eigenvalue weighted by Crippen LogP contribution is 2.26. The second-order valence-corrected chi connectivity index (χ2v) is 5.91. The number of nitrogens with one attached hydrogen (secondary N) is 1. The Kier molecular flexibility index (Phi) is 5.50. The second-order valence-electron chi connectivity index (χ2n) is 4.92. The Morgan fingerprint density at radius 1 is 1.39 bits per heavy atom. The van der Waals surface area contributed by atoms with E-state index in [0.29, 0.717) is 13.0 Å². The van der Waals surface area contributed by atoms with Gasteiger partial charge in [-0.3, -0.25) is 9.59 Å². The fraction of sp³-hybridized carbons (Fsp3) is 0.846. The molecule has 1 aliphatic heterocycles. The molecule has 0 spiro atoms. The number of carbonyl (C=O) groups is 2. The summed E-state index contributed by atoms with van der Waals surface area (Å²) < 4.78 is 0. The summed E-state index contributed by atoms with van der Waals surface area (Å²) in [4.78, 5) is 26.5.